The third-order valence-corrected chi connectivity index (χ3v) is 5.90. The zero-order chi connectivity index (χ0) is 17.2. The van der Waals surface area contributed by atoms with Crippen LogP contribution in [0, 0.1) is 0 Å². The normalized spacial score (nSPS) is 10.5. The average molecular weight is 402 g/mol. The van der Waals surface area contributed by atoms with Crippen molar-refractivity contribution in [3.8, 4) is 0 Å². The summed E-state index contributed by atoms with van der Waals surface area (Å²) in [4.78, 5) is 3.29. The minimum atomic E-state index is 0. The summed E-state index contributed by atoms with van der Waals surface area (Å²) in [5.74, 6) is 0. The third-order valence-electron chi connectivity index (χ3n) is 4.35. The van der Waals surface area contributed by atoms with Crippen molar-refractivity contribution < 1.29 is 2.85 Å². The summed E-state index contributed by atoms with van der Waals surface area (Å²) in [5, 5.41) is 4.92. The Kier molecular flexibility index (Phi) is 6.60. The Bertz CT molecular complexity index is 1080. The fraction of sp³-hybridized carbons (Fsp3) is 0.0455. The summed E-state index contributed by atoms with van der Waals surface area (Å²) < 4.78 is 0.840. The molecular weight excluding hydrogens is 382 g/mol. The van der Waals surface area contributed by atoms with Gasteiger partial charge < -0.3 is 7.75 Å². The molecule has 0 saturated carbocycles. The van der Waals surface area contributed by atoms with E-state index in [9.17, 15) is 0 Å². The molecule has 0 aliphatic heterocycles. The molecule has 0 unspecified atom stereocenters. The van der Waals surface area contributed by atoms with Crippen LogP contribution in [0.3, 0.4) is 0 Å². The predicted molar refractivity (Wildman–Crippen MR) is 123 cm³/mol. The second kappa shape index (κ2) is 8.73. The van der Waals surface area contributed by atoms with Crippen LogP contribution in [0.15, 0.2) is 89.8 Å². The van der Waals surface area contributed by atoms with E-state index >= 15 is 0 Å². The number of hydrogen-bond acceptors (Lipinski definition) is 2. The van der Waals surface area contributed by atoms with Crippen LogP contribution in [0.1, 0.15) is 2.85 Å². The molecule has 0 bridgehead atoms. The molecule has 1 nitrogen and oxygen atoms in total. The molecule has 0 heterocycles. The molecule has 0 amide bonds. The Morgan fingerprint density at radius 1 is 0.769 bits per heavy atom. The number of hydrogen-bond donors (Lipinski definition) is 0. The van der Waals surface area contributed by atoms with Crippen LogP contribution in [0.5, 0.6) is 0 Å². The van der Waals surface area contributed by atoms with Crippen molar-refractivity contribution >= 4 is 93.3 Å². The maximum absolute atomic E-state index is 5.76. The molecule has 4 heteroatoms. The topological polar surface area (TPSA) is 3.24 Å². The molecule has 0 aliphatic rings. The quantitative estimate of drug-likeness (QED) is 0.219. The molecule has 26 heavy (non-hydrogen) atoms. The first-order chi connectivity index (χ1) is 12.2. The van der Waals surface area contributed by atoms with Crippen molar-refractivity contribution in [2.45, 2.75) is 4.90 Å². The molecule has 0 atom stereocenters. The van der Waals surface area contributed by atoms with Crippen molar-refractivity contribution in [2.24, 2.45) is 0 Å². The number of rotatable bonds is 2. The van der Waals surface area contributed by atoms with E-state index < -0.39 is 0 Å². The van der Waals surface area contributed by atoms with E-state index in [1.165, 1.54) is 26.4 Å². The van der Waals surface area contributed by atoms with Crippen LogP contribution in [-0.4, -0.2) is 49.1 Å². The first-order valence-corrected chi connectivity index (χ1v) is 9.37. The molecule has 0 aliphatic carbocycles. The van der Waals surface area contributed by atoms with Crippen molar-refractivity contribution in [1.82, 2.24) is 0 Å². The minimum absolute atomic E-state index is 0. The van der Waals surface area contributed by atoms with Gasteiger partial charge in [0.05, 0.1) is 0 Å². The second-order valence-corrected chi connectivity index (χ2v) is 7.58. The second-order valence-electron chi connectivity index (χ2n) is 5.90. The first kappa shape index (κ1) is 19.7. The van der Waals surface area contributed by atoms with Crippen LogP contribution in [0.25, 0.3) is 21.5 Å². The van der Waals surface area contributed by atoms with E-state index in [2.05, 4.69) is 89.8 Å². The van der Waals surface area contributed by atoms with Crippen LogP contribution < -0.4 is 4.90 Å². The van der Waals surface area contributed by atoms with Crippen LogP contribution >= 0.6 is 24.0 Å². The van der Waals surface area contributed by atoms with Crippen LogP contribution in [0.4, 0.5) is 5.69 Å². The van der Waals surface area contributed by atoms with E-state index in [1.807, 2.05) is 7.05 Å². The summed E-state index contributed by atoms with van der Waals surface area (Å²) in [6.45, 7) is 0. The molecule has 0 radical (unpaired) electrons. The van der Waals surface area contributed by atoms with Gasteiger partial charge in [0.1, 0.15) is 4.32 Å². The average Bonchev–Trinajstić information content (AvgIpc) is 2.67. The van der Waals surface area contributed by atoms with Gasteiger partial charge in [0.15, 0.2) is 0 Å². The van der Waals surface area contributed by atoms with E-state index in [-0.39, 0.29) is 40.6 Å². The fourth-order valence-electron chi connectivity index (χ4n) is 3.05. The number of benzene rings is 4. The first-order valence-electron chi connectivity index (χ1n) is 8.15. The van der Waals surface area contributed by atoms with Gasteiger partial charge in [0.2, 0.25) is 0 Å². The number of anilines is 1. The molecule has 0 N–H and O–H groups in total. The summed E-state index contributed by atoms with van der Waals surface area (Å²) in [6, 6.07) is 29.5. The smallest absolute Gasteiger partial charge is 1.00 e. The SMILES string of the molecule is CN(C(=S)Sc1cccc2ccccc12)c1cccc2ccccc12.[Ca+2].[H-].[H-]. The van der Waals surface area contributed by atoms with E-state index in [0.29, 0.717) is 0 Å². The maximum atomic E-state index is 5.76. The zero-order valence-corrected chi connectivity index (χ0v) is 18.4. The van der Waals surface area contributed by atoms with E-state index in [1.54, 1.807) is 11.8 Å². The fourth-order valence-corrected chi connectivity index (χ4v) is 4.28. The van der Waals surface area contributed by atoms with Crippen molar-refractivity contribution in [3.63, 3.8) is 0 Å². The molecule has 0 aromatic heterocycles. The predicted octanol–water partition coefficient (Wildman–Crippen LogP) is 6.35. The number of thioether (sulfide) groups is 1. The molecule has 4 rings (SSSR count). The Balaban J connectivity index is 0.00000131. The van der Waals surface area contributed by atoms with E-state index in [4.69, 9.17) is 12.2 Å². The van der Waals surface area contributed by atoms with Gasteiger partial charge in [-0.05, 0) is 28.3 Å². The molecule has 0 saturated heterocycles. The van der Waals surface area contributed by atoms with Gasteiger partial charge in [0, 0.05) is 23.0 Å². The van der Waals surface area contributed by atoms with Gasteiger partial charge in [-0.2, -0.15) is 0 Å². The van der Waals surface area contributed by atoms with Crippen LogP contribution in [-0.2, 0) is 0 Å². The Hall–Kier alpha value is -1.10. The molecule has 126 valence electrons. The Morgan fingerprint density at radius 3 is 2.04 bits per heavy atom. The number of nitrogens with zero attached hydrogens (tertiary/aromatic N) is 1. The monoisotopic (exact) mass is 401 g/mol. The molecule has 0 fully saturated rings. The summed E-state index contributed by atoms with van der Waals surface area (Å²) in [6.07, 6.45) is 0. The molecule has 0 spiro atoms. The molecular formula is C22H19CaNS2. The van der Waals surface area contributed by atoms with Gasteiger partial charge in [-0.3, -0.25) is 0 Å². The van der Waals surface area contributed by atoms with Crippen molar-refractivity contribution in [2.75, 3.05) is 11.9 Å². The third kappa shape index (κ3) is 3.92. The standard InChI is InChI=1S/C22H17NS2.Ca.2H/c1-23(20-14-6-10-16-8-2-4-12-18(16)20)22(24)25-21-15-7-11-17-9-3-5-13-19(17)21;;;/h2-15H,1H3;;;/q;+2;2*-1. The largest absolute Gasteiger partial charge is 2.00 e. The van der Waals surface area contributed by atoms with Gasteiger partial charge in [-0.15, -0.1) is 0 Å². The van der Waals surface area contributed by atoms with Gasteiger partial charge in [-0.1, -0.05) is 96.8 Å². The Labute approximate surface area is 196 Å². The van der Waals surface area contributed by atoms with Crippen molar-refractivity contribution in [1.29, 1.82) is 0 Å². The zero-order valence-electron chi connectivity index (χ0n) is 16.6. The summed E-state index contributed by atoms with van der Waals surface area (Å²) in [5.41, 5.74) is 1.14. The molecule has 4 aromatic rings. The maximum Gasteiger partial charge on any atom is 2.00 e. The number of thiocarbonyl (C=S) groups is 1. The summed E-state index contributed by atoms with van der Waals surface area (Å²) in [7, 11) is 2.04. The Morgan fingerprint density at radius 2 is 1.31 bits per heavy atom. The van der Waals surface area contributed by atoms with E-state index in [0.717, 1.165) is 10.0 Å². The van der Waals surface area contributed by atoms with Gasteiger partial charge >= 0.3 is 37.7 Å². The summed E-state index contributed by atoms with van der Waals surface area (Å²) >= 11 is 7.40. The minimum Gasteiger partial charge on any atom is -1.00 e. The van der Waals surface area contributed by atoms with Crippen LogP contribution in [0.2, 0.25) is 0 Å². The van der Waals surface area contributed by atoms with Gasteiger partial charge in [0.25, 0.3) is 0 Å². The number of fused-ring (bicyclic) bond motifs is 2. The molecule has 4 aromatic carbocycles. The van der Waals surface area contributed by atoms with Crippen molar-refractivity contribution in [3.05, 3.63) is 84.9 Å². The van der Waals surface area contributed by atoms with Gasteiger partial charge in [-0.25, -0.2) is 0 Å².